The Morgan fingerprint density at radius 1 is 1.40 bits per heavy atom. The molecule has 1 aromatic rings. The number of carbonyl (C=O) groups is 2. The molecule has 2 N–H and O–H groups in total. The van der Waals surface area contributed by atoms with Gasteiger partial charge in [0.2, 0.25) is 0 Å². The van der Waals surface area contributed by atoms with Crippen LogP contribution in [0.3, 0.4) is 0 Å². The van der Waals surface area contributed by atoms with Gasteiger partial charge < -0.3 is 15.2 Å². The maximum atomic E-state index is 12.3. The topological polar surface area (TPSA) is 75.6 Å². The third-order valence-corrected chi connectivity index (χ3v) is 4.56. The summed E-state index contributed by atoms with van der Waals surface area (Å²) >= 11 is 1.53. The molecule has 0 aliphatic carbocycles. The van der Waals surface area contributed by atoms with Crippen LogP contribution in [0.1, 0.15) is 18.1 Å². The van der Waals surface area contributed by atoms with Crippen molar-refractivity contribution in [2.75, 3.05) is 18.6 Å². The lowest BCUT2D eigenvalue weighted by molar-refractivity contribution is -0.148. The predicted octanol–water partition coefficient (Wildman–Crippen LogP) is 1.45. The molecule has 0 spiro atoms. The predicted molar refractivity (Wildman–Crippen MR) is 76.6 cm³/mol. The third kappa shape index (κ3) is 2.96. The molecule has 0 unspecified atom stereocenters. The van der Waals surface area contributed by atoms with Crippen LogP contribution in [-0.2, 0) is 14.3 Å². The van der Waals surface area contributed by atoms with Gasteiger partial charge in [0.15, 0.2) is 6.10 Å². The molecule has 2 atom stereocenters. The molecule has 6 heteroatoms. The van der Waals surface area contributed by atoms with E-state index in [1.807, 2.05) is 18.2 Å². The second-order valence-corrected chi connectivity index (χ2v) is 5.81. The average molecular weight is 295 g/mol. The Kier molecular flexibility index (Phi) is 4.67. The van der Waals surface area contributed by atoms with Crippen molar-refractivity contribution in [1.29, 1.82) is 0 Å². The molecule has 20 heavy (non-hydrogen) atoms. The number of amides is 1. The lowest BCUT2D eigenvalue weighted by Gasteiger charge is -2.27. The van der Waals surface area contributed by atoms with Crippen LogP contribution in [-0.4, -0.2) is 41.1 Å². The van der Waals surface area contributed by atoms with Crippen molar-refractivity contribution in [2.24, 2.45) is 0 Å². The Morgan fingerprint density at radius 3 is 2.60 bits per heavy atom. The molecule has 1 saturated heterocycles. The van der Waals surface area contributed by atoms with E-state index in [1.165, 1.54) is 18.9 Å². The minimum Gasteiger partial charge on any atom is -0.479 e. The molecular formula is C14H17NO4S. The van der Waals surface area contributed by atoms with Crippen molar-refractivity contribution < 1.29 is 19.4 Å². The fourth-order valence-electron chi connectivity index (χ4n) is 2.21. The molecule has 1 aliphatic heterocycles. The average Bonchev–Trinajstić information content (AvgIpc) is 2.90. The Balaban J connectivity index is 2.15. The summed E-state index contributed by atoms with van der Waals surface area (Å²) in [5, 5.41) is 12.0. The molecule has 1 fully saturated rings. The minimum atomic E-state index is -1.17. The SMILES string of the molecule is CO[C@H](C(=O)N[C@]1(C(=O)O)CCSC1)c1ccccc1. The number of aliphatic carboxylic acids is 1. The van der Waals surface area contributed by atoms with Crippen molar-refractivity contribution in [2.45, 2.75) is 18.1 Å². The number of carboxylic acids is 1. The molecule has 1 heterocycles. The Hall–Kier alpha value is -1.53. The molecule has 0 saturated carbocycles. The highest BCUT2D eigenvalue weighted by molar-refractivity contribution is 7.99. The highest BCUT2D eigenvalue weighted by atomic mass is 32.2. The Morgan fingerprint density at radius 2 is 2.10 bits per heavy atom. The fourth-order valence-corrected chi connectivity index (χ4v) is 3.53. The smallest absolute Gasteiger partial charge is 0.330 e. The lowest BCUT2D eigenvalue weighted by atomic mass is 9.98. The van der Waals surface area contributed by atoms with Gasteiger partial charge in [-0.1, -0.05) is 30.3 Å². The quantitative estimate of drug-likeness (QED) is 0.860. The standard InChI is InChI=1S/C14H17NO4S/c1-19-11(10-5-3-2-4-6-10)12(16)15-14(13(17)18)7-8-20-9-14/h2-6,11H,7-9H2,1H3,(H,15,16)(H,17,18)/t11-,14+/m0/s1. The van der Waals surface area contributed by atoms with Crippen LogP contribution in [0.15, 0.2) is 30.3 Å². The fraction of sp³-hybridized carbons (Fsp3) is 0.429. The molecule has 5 nitrogen and oxygen atoms in total. The number of hydrogen-bond donors (Lipinski definition) is 2. The Bertz CT molecular complexity index is 485. The van der Waals surface area contributed by atoms with E-state index in [1.54, 1.807) is 12.1 Å². The van der Waals surface area contributed by atoms with Crippen molar-refractivity contribution in [1.82, 2.24) is 5.32 Å². The number of carbonyl (C=O) groups excluding carboxylic acids is 1. The number of hydrogen-bond acceptors (Lipinski definition) is 4. The van der Waals surface area contributed by atoms with Crippen molar-refractivity contribution in [3.63, 3.8) is 0 Å². The van der Waals surface area contributed by atoms with Gasteiger partial charge in [-0.15, -0.1) is 0 Å². The third-order valence-electron chi connectivity index (χ3n) is 3.37. The van der Waals surface area contributed by atoms with Crippen LogP contribution >= 0.6 is 11.8 Å². The number of ether oxygens (including phenoxy) is 1. The van der Waals surface area contributed by atoms with Gasteiger partial charge in [0.25, 0.3) is 5.91 Å². The van der Waals surface area contributed by atoms with Gasteiger partial charge in [0, 0.05) is 12.9 Å². The summed E-state index contributed by atoms with van der Waals surface area (Å²) in [6.07, 6.45) is -0.359. The second kappa shape index (κ2) is 6.28. The van der Waals surface area contributed by atoms with E-state index in [9.17, 15) is 14.7 Å². The van der Waals surface area contributed by atoms with Gasteiger partial charge in [-0.05, 0) is 17.7 Å². The monoisotopic (exact) mass is 295 g/mol. The molecule has 1 aromatic carbocycles. The van der Waals surface area contributed by atoms with E-state index in [2.05, 4.69) is 5.32 Å². The van der Waals surface area contributed by atoms with Crippen LogP contribution < -0.4 is 5.32 Å². The molecule has 0 radical (unpaired) electrons. The van der Waals surface area contributed by atoms with Crippen LogP contribution in [0, 0.1) is 0 Å². The molecule has 1 amide bonds. The molecule has 108 valence electrons. The minimum absolute atomic E-state index is 0.388. The summed E-state index contributed by atoms with van der Waals surface area (Å²) < 4.78 is 5.22. The summed E-state index contributed by atoms with van der Waals surface area (Å²) in [7, 11) is 1.44. The molecule has 0 aromatic heterocycles. The second-order valence-electron chi connectivity index (χ2n) is 4.71. The van der Waals surface area contributed by atoms with E-state index in [0.717, 1.165) is 5.75 Å². The number of thioether (sulfide) groups is 1. The summed E-state index contributed by atoms with van der Waals surface area (Å²) in [6.45, 7) is 0. The van der Waals surface area contributed by atoms with Crippen LogP contribution in [0.25, 0.3) is 0 Å². The number of carboxylic acid groups (broad SMARTS) is 1. The van der Waals surface area contributed by atoms with Gasteiger partial charge >= 0.3 is 5.97 Å². The first-order chi connectivity index (χ1) is 9.59. The van der Waals surface area contributed by atoms with E-state index < -0.39 is 23.5 Å². The summed E-state index contributed by atoms with van der Waals surface area (Å²) in [5.74, 6) is -0.281. The van der Waals surface area contributed by atoms with Crippen molar-refractivity contribution in [3.05, 3.63) is 35.9 Å². The van der Waals surface area contributed by atoms with Gasteiger partial charge in [-0.2, -0.15) is 11.8 Å². The van der Waals surface area contributed by atoms with Crippen molar-refractivity contribution >= 4 is 23.6 Å². The Labute approximate surface area is 121 Å². The molecule has 0 bridgehead atoms. The largest absolute Gasteiger partial charge is 0.479 e. The van der Waals surface area contributed by atoms with E-state index in [4.69, 9.17) is 4.74 Å². The van der Waals surface area contributed by atoms with Crippen LogP contribution in [0.5, 0.6) is 0 Å². The number of methoxy groups -OCH3 is 1. The first-order valence-corrected chi connectivity index (χ1v) is 7.45. The highest BCUT2D eigenvalue weighted by Crippen LogP contribution is 2.29. The van der Waals surface area contributed by atoms with Gasteiger partial charge in [-0.25, -0.2) is 4.79 Å². The van der Waals surface area contributed by atoms with Crippen LogP contribution in [0.4, 0.5) is 0 Å². The van der Waals surface area contributed by atoms with E-state index >= 15 is 0 Å². The number of nitrogens with one attached hydrogen (secondary N) is 1. The van der Waals surface area contributed by atoms with Gasteiger partial charge in [0.1, 0.15) is 5.54 Å². The lowest BCUT2D eigenvalue weighted by Crippen LogP contribution is -2.56. The maximum Gasteiger partial charge on any atom is 0.330 e. The zero-order valence-electron chi connectivity index (χ0n) is 11.2. The molecule has 2 rings (SSSR count). The molecular weight excluding hydrogens is 278 g/mol. The zero-order valence-corrected chi connectivity index (χ0v) is 12.0. The highest BCUT2D eigenvalue weighted by Gasteiger charge is 2.44. The van der Waals surface area contributed by atoms with E-state index in [-0.39, 0.29) is 0 Å². The molecule has 1 aliphatic rings. The van der Waals surface area contributed by atoms with E-state index in [0.29, 0.717) is 17.7 Å². The zero-order chi connectivity index (χ0) is 14.6. The summed E-state index contributed by atoms with van der Waals surface area (Å²) in [4.78, 5) is 23.8. The van der Waals surface area contributed by atoms with Gasteiger partial charge in [-0.3, -0.25) is 4.79 Å². The van der Waals surface area contributed by atoms with Crippen molar-refractivity contribution in [3.8, 4) is 0 Å². The first kappa shape index (κ1) is 14.9. The summed E-state index contributed by atoms with van der Waals surface area (Å²) in [5.41, 5.74) is -0.466. The first-order valence-electron chi connectivity index (χ1n) is 6.30. The summed E-state index contributed by atoms with van der Waals surface area (Å²) in [6, 6.07) is 9.04. The maximum absolute atomic E-state index is 12.3. The number of rotatable bonds is 5. The van der Waals surface area contributed by atoms with Gasteiger partial charge in [0.05, 0.1) is 0 Å². The number of benzene rings is 1. The van der Waals surface area contributed by atoms with Crippen LogP contribution in [0.2, 0.25) is 0 Å². The normalized spacial score (nSPS) is 23.2.